The third-order valence-corrected chi connectivity index (χ3v) is 5.25. The molecular weight excluding hydrogens is 388 g/mol. The maximum Gasteiger partial charge on any atom is 0.237 e. The summed E-state index contributed by atoms with van der Waals surface area (Å²) in [6, 6.07) is 25.6. The van der Waals surface area contributed by atoms with Gasteiger partial charge in [-0.05, 0) is 42.8 Å². The molecule has 0 fully saturated rings. The Morgan fingerprint density at radius 3 is 2.19 bits per heavy atom. The average molecular weight is 419 g/mol. The van der Waals surface area contributed by atoms with Crippen LogP contribution in [0.25, 0.3) is 0 Å². The van der Waals surface area contributed by atoms with Gasteiger partial charge in [-0.2, -0.15) is 0 Å². The van der Waals surface area contributed by atoms with Crippen LogP contribution in [0.1, 0.15) is 23.6 Å². The third kappa shape index (κ3) is 6.59. The van der Waals surface area contributed by atoms with E-state index in [9.17, 15) is 4.79 Å². The first-order valence-electron chi connectivity index (χ1n) is 10.4. The number of nitrogens with one attached hydrogen (secondary N) is 1. The van der Waals surface area contributed by atoms with Gasteiger partial charge in [-0.1, -0.05) is 66.7 Å². The molecule has 0 aromatic heterocycles. The molecule has 0 unspecified atom stereocenters. The second kappa shape index (κ2) is 11.2. The molecule has 0 aliphatic carbocycles. The number of hydrogen-bond acceptors (Lipinski definition) is 4. The number of amides is 1. The summed E-state index contributed by atoms with van der Waals surface area (Å²) in [5, 5.41) is 3.00. The van der Waals surface area contributed by atoms with E-state index in [-0.39, 0.29) is 11.9 Å². The second-order valence-electron chi connectivity index (χ2n) is 7.55. The summed E-state index contributed by atoms with van der Waals surface area (Å²) in [5.74, 6) is 1.38. The lowest BCUT2D eigenvalue weighted by molar-refractivity contribution is -0.125. The molecule has 0 spiro atoms. The zero-order valence-corrected chi connectivity index (χ0v) is 18.4. The number of ether oxygens (including phenoxy) is 2. The number of methoxy groups -OCH3 is 1. The summed E-state index contributed by atoms with van der Waals surface area (Å²) in [6.07, 6.45) is 0. The fourth-order valence-electron chi connectivity index (χ4n) is 3.22. The maximum absolute atomic E-state index is 12.5. The van der Waals surface area contributed by atoms with Gasteiger partial charge < -0.3 is 14.8 Å². The molecule has 0 bridgehead atoms. The lowest BCUT2D eigenvalue weighted by atomic mass is 10.1. The Hall–Kier alpha value is -3.31. The molecule has 0 aliphatic heterocycles. The van der Waals surface area contributed by atoms with Crippen LogP contribution in [0.5, 0.6) is 11.5 Å². The number of hydrogen-bond donors (Lipinski definition) is 1. The molecule has 0 saturated carbocycles. The van der Waals surface area contributed by atoms with Crippen molar-refractivity contribution in [1.29, 1.82) is 0 Å². The molecule has 1 atom stereocenters. The first kappa shape index (κ1) is 22.4. The summed E-state index contributed by atoms with van der Waals surface area (Å²) in [7, 11) is 3.58. The van der Waals surface area contributed by atoms with Gasteiger partial charge in [0.15, 0.2) is 11.5 Å². The van der Waals surface area contributed by atoms with Gasteiger partial charge in [-0.3, -0.25) is 9.69 Å². The standard InChI is InChI=1S/C26H30N2O3/c1-20(26(29)27-17-21-10-6-4-7-11-21)28(2)18-23-14-15-24(25(16-23)30-3)31-19-22-12-8-5-9-13-22/h4-16,20H,17-19H2,1-3H3,(H,27,29)/t20-/m1/s1. The Bertz CT molecular complexity index is 961. The number of likely N-dealkylation sites (N-methyl/N-ethyl adjacent to an activating group) is 1. The summed E-state index contributed by atoms with van der Waals surface area (Å²) >= 11 is 0. The number of benzene rings is 3. The normalized spacial score (nSPS) is 11.7. The SMILES string of the molecule is COc1cc(CN(C)[C@H](C)C(=O)NCc2ccccc2)ccc1OCc1ccccc1. The van der Waals surface area contributed by atoms with Gasteiger partial charge in [0, 0.05) is 13.1 Å². The van der Waals surface area contributed by atoms with E-state index in [1.165, 1.54) is 0 Å². The van der Waals surface area contributed by atoms with Crippen LogP contribution in [0.15, 0.2) is 78.9 Å². The third-order valence-electron chi connectivity index (χ3n) is 5.25. The van der Waals surface area contributed by atoms with E-state index in [1.54, 1.807) is 7.11 Å². The molecule has 0 aliphatic rings. The molecule has 0 heterocycles. The summed E-state index contributed by atoms with van der Waals surface area (Å²) in [6.45, 7) is 3.54. The van der Waals surface area contributed by atoms with E-state index in [0.29, 0.717) is 31.2 Å². The lowest BCUT2D eigenvalue weighted by Gasteiger charge is -2.24. The number of rotatable bonds is 10. The largest absolute Gasteiger partial charge is 0.493 e. The predicted molar refractivity (Wildman–Crippen MR) is 123 cm³/mol. The Kier molecular flexibility index (Phi) is 8.07. The molecule has 3 rings (SSSR count). The average Bonchev–Trinajstić information content (AvgIpc) is 2.82. The monoisotopic (exact) mass is 418 g/mol. The Labute approximate surface area is 184 Å². The van der Waals surface area contributed by atoms with Crippen LogP contribution < -0.4 is 14.8 Å². The van der Waals surface area contributed by atoms with Crippen LogP contribution in [0.2, 0.25) is 0 Å². The van der Waals surface area contributed by atoms with Gasteiger partial charge in [-0.25, -0.2) is 0 Å². The van der Waals surface area contributed by atoms with Crippen molar-refractivity contribution in [3.05, 3.63) is 95.6 Å². The van der Waals surface area contributed by atoms with E-state index >= 15 is 0 Å². The zero-order valence-electron chi connectivity index (χ0n) is 18.4. The summed E-state index contributed by atoms with van der Waals surface area (Å²) in [4.78, 5) is 14.6. The van der Waals surface area contributed by atoms with Crippen molar-refractivity contribution >= 4 is 5.91 Å². The smallest absolute Gasteiger partial charge is 0.237 e. The van der Waals surface area contributed by atoms with Crippen molar-refractivity contribution in [2.75, 3.05) is 14.2 Å². The van der Waals surface area contributed by atoms with Crippen molar-refractivity contribution in [3.8, 4) is 11.5 Å². The molecule has 5 nitrogen and oxygen atoms in total. The summed E-state index contributed by atoms with van der Waals surface area (Å²) in [5.41, 5.74) is 3.24. The first-order valence-corrected chi connectivity index (χ1v) is 10.4. The van der Waals surface area contributed by atoms with Gasteiger partial charge in [0.05, 0.1) is 13.2 Å². The van der Waals surface area contributed by atoms with E-state index in [4.69, 9.17) is 9.47 Å². The quantitative estimate of drug-likeness (QED) is 0.530. The van der Waals surface area contributed by atoms with Gasteiger partial charge >= 0.3 is 0 Å². The molecular formula is C26H30N2O3. The Morgan fingerprint density at radius 1 is 0.903 bits per heavy atom. The highest BCUT2D eigenvalue weighted by Gasteiger charge is 2.18. The second-order valence-corrected chi connectivity index (χ2v) is 7.55. The molecule has 31 heavy (non-hydrogen) atoms. The molecule has 162 valence electrons. The van der Waals surface area contributed by atoms with E-state index in [1.807, 2.05) is 97.7 Å². The Balaban J connectivity index is 1.55. The minimum atomic E-state index is -0.260. The van der Waals surface area contributed by atoms with E-state index in [0.717, 1.165) is 16.7 Å². The minimum absolute atomic E-state index is 0.00105. The molecule has 0 saturated heterocycles. The van der Waals surface area contributed by atoms with Crippen molar-refractivity contribution in [2.24, 2.45) is 0 Å². The van der Waals surface area contributed by atoms with Crippen LogP contribution in [-0.2, 0) is 24.5 Å². The van der Waals surface area contributed by atoms with Crippen LogP contribution >= 0.6 is 0 Å². The van der Waals surface area contributed by atoms with E-state index < -0.39 is 0 Å². The molecule has 1 amide bonds. The van der Waals surface area contributed by atoms with Crippen molar-refractivity contribution in [2.45, 2.75) is 32.7 Å². The molecule has 3 aromatic carbocycles. The van der Waals surface area contributed by atoms with E-state index in [2.05, 4.69) is 5.32 Å². The highest BCUT2D eigenvalue weighted by Crippen LogP contribution is 2.29. The fraction of sp³-hybridized carbons (Fsp3) is 0.269. The predicted octanol–water partition coefficient (Wildman–Crippen LogP) is 4.41. The van der Waals surface area contributed by atoms with Crippen LogP contribution in [-0.4, -0.2) is 31.0 Å². The molecule has 0 radical (unpaired) electrons. The number of carbonyl (C=O) groups excluding carboxylic acids is 1. The lowest BCUT2D eigenvalue weighted by Crippen LogP contribution is -2.42. The number of carbonyl (C=O) groups is 1. The van der Waals surface area contributed by atoms with Crippen molar-refractivity contribution in [3.63, 3.8) is 0 Å². The van der Waals surface area contributed by atoms with Gasteiger partial charge in [0.25, 0.3) is 0 Å². The van der Waals surface area contributed by atoms with Crippen LogP contribution in [0.4, 0.5) is 0 Å². The van der Waals surface area contributed by atoms with Crippen molar-refractivity contribution < 1.29 is 14.3 Å². The topological polar surface area (TPSA) is 50.8 Å². The number of nitrogens with zero attached hydrogens (tertiary/aromatic N) is 1. The zero-order chi connectivity index (χ0) is 22.1. The van der Waals surface area contributed by atoms with Crippen LogP contribution in [0, 0.1) is 0 Å². The maximum atomic E-state index is 12.5. The molecule has 3 aromatic rings. The highest BCUT2D eigenvalue weighted by molar-refractivity contribution is 5.81. The highest BCUT2D eigenvalue weighted by atomic mass is 16.5. The fourth-order valence-corrected chi connectivity index (χ4v) is 3.22. The van der Waals surface area contributed by atoms with Crippen molar-refractivity contribution in [1.82, 2.24) is 10.2 Å². The molecule has 5 heteroatoms. The minimum Gasteiger partial charge on any atom is -0.493 e. The first-order chi connectivity index (χ1) is 15.1. The van der Waals surface area contributed by atoms with Crippen LogP contribution in [0.3, 0.4) is 0 Å². The van der Waals surface area contributed by atoms with Gasteiger partial charge in [0.1, 0.15) is 6.61 Å². The van der Waals surface area contributed by atoms with Gasteiger partial charge in [-0.15, -0.1) is 0 Å². The van der Waals surface area contributed by atoms with Gasteiger partial charge in [0.2, 0.25) is 5.91 Å². The molecule has 1 N–H and O–H groups in total. The summed E-state index contributed by atoms with van der Waals surface area (Å²) < 4.78 is 11.5. The Morgan fingerprint density at radius 2 is 1.55 bits per heavy atom.